The minimum atomic E-state index is -0.437. The monoisotopic (exact) mass is 406 g/mol. The molecule has 5 heteroatoms. The molecule has 1 aliphatic heterocycles. The van der Waals surface area contributed by atoms with E-state index in [0.29, 0.717) is 18.9 Å². The van der Waals surface area contributed by atoms with Gasteiger partial charge in [0.05, 0.1) is 5.92 Å². The number of carbonyl (C=O) groups excluding carboxylic acids is 2. The van der Waals surface area contributed by atoms with Crippen molar-refractivity contribution in [2.45, 2.75) is 58.1 Å². The van der Waals surface area contributed by atoms with Crippen molar-refractivity contribution in [3.05, 3.63) is 59.7 Å². The molecular weight excluding hydrogens is 376 g/mol. The molecule has 1 saturated carbocycles. The second-order valence-electron chi connectivity index (χ2n) is 8.36. The van der Waals surface area contributed by atoms with Crippen LogP contribution in [-0.2, 0) is 16.1 Å². The number of rotatable bonds is 7. The third-order valence-corrected chi connectivity index (χ3v) is 6.02. The number of amides is 2. The Bertz CT molecular complexity index is 908. The van der Waals surface area contributed by atoms with Crippen LogP contribution < -0.4 is 10.1 Å². The van der Waals surface area contributed by atoms with E-state index >= 15 is 0 Å². The average molecular weight is 407 g/mol. The molecule has 2 amide bonds. The van der Waals surface area contributed by atoms with E-state index in [1.807, 2.05) is 67.3 Å². The minimum absolute atomic E-state index is 0.0180. The Morgan fingerprint density at radius 3 is 2.60 bits per heavy atom. The average Bonchev–Trinajstić information content (AvgIpc) is 3.58. The summed E-state index contributed by atoms with van der Waals surface area (Å²) >= 11 is 0. The molecule has 0 saturated heterocycles. The summed E-state index contributed by atoms with van der Waals surface area (Å²) in [6, 6.07) is 15.6. The van der Waals surface area contributed by atoms with Gasteiger partial charge in [-0.2, -0.15) is 0 Å². The Morgan fingerprint density at radius 1 is 1.17 bits per heavy atom. The molecule has 2 aromatic rings. The summed E-state index contributed by atoms with van der Waals surface area (Å²) in [5, 5.41) is 3.07. The Kier molecular flexibility index (Phi) is 6.07. The fourth-order valence-electron chi connectivity index (χ4n) is 4.10. The van der Waals surface area contributed by atoms with Crippen molar-refractivity contribution in [2.75, 3.05) is 11.9 Å². The zero-order valence-electron chi connectivity index (χ0n) is 17.8. The molecular formula is C25H30N2O3. The van der Waals surface area contributed by atoms with E-state index in [1.54, 1.807) is 0 Å². The van der Waals surface area contributed by atoms with E-state index in [0.717, 1.165) is 35.5 Å². The highest BCUT2D eigenvalue weighted by molar-refractivity contribution is 5.96. The van der Waals surface area contributed by atoms with Crippen molar-refractivity contribution in [3.63, 3.8) is 0 Å². The summed E-state index contributed by atoms with van der Waals surface area (Å²) in [5.74, 6) is 1.21. The highest BCUT2D eigenvalue weighted by Gasteiger charge is 2.34. The van der Waals surface area contributed by atoms with Gasteiger partial charge in [-0.25, -0.2) is 0 Å². The summed E-state index contributed by atoms with van der Waals surface area (Å²) in [6.45, 7) is 5.32. The SMILES string of the molecule is CCC1Oc2ccc(NC(=O)C(CC)c3ccccc3)cc2CN(CC2CC2)C1=O. The molecule has 0 aromatic heterocycles. The number of benzene rings is 2. The Balaban J connectivity index is 1.54. The summed E-state index contributed by atoms with van der Waals surface area (Å²) in [7, 11) is 0. The summed E-state index contributed by atoms with van der Waals surface area (Å²) in [6.07, 6.45) is 3.33. The number of ether oxygens (including phenoxy) is 1. The largest absolute Gasteiger partial charge is 0.480 e. The quantitative estimate of drug-likeness (QED) is 0.723. The molecule has 0 bridgehead atoms. The highest BCUT2D eigenvalue weighted by atomic mass is 16.5. The first-order chi connectivity index (χ1) is 14.6. The normalized spacial score (nSPS) is 19.5. The van der Waals surface area contributed by atoms with Crippen LogP contribution in [0.1, 0.15) is 56.6 Å². The van der Waals surface area contributed by atoms with Crippen molar-refractivity contribution < 1.29 is 14.3 Å². The highest BCUT2D eigenvalue weighted by Crippen LogP contribution is 2.34. The molecule has 5 nitrogen and oxygen atoms in total. The lowest BCUT2D eigenvalue weighted by Crippen LogP contribution is -2.40. The fourth-order valence-corrected chi connectivity index (χ4v) is 4.10. The number of fused-ring (bicyclic) bond motifs is 1. The van der Waals surface area contributed by atoms with Gasteiger partial charge >= 0.3 is 0 Å². The first kappa shape index (κ1) is 20.5. The molecule has 0 spiro atoms. The standard InChI is InChI=1S/C25H30N2O3/c1-3-21(18-8-6-5-7-9-18)24(28)26-20-12-13-23-19(14-20)16-27(15-17-10-11-17)25(29)22(4-2)30-23/h5-9,12-14,17,21-22H,3-4,10-11,15-16H2,1-2H3,(H,26,28). The van der Waals surface area contributed by atoms with Gasteiger partial charge in [0.2, 0.25) is 5.91 Å². The smallest absolute Gasteiger partial charge is 0.263 e. The van der Waals surface area contributed by atoms with Gasteiger partial charge in [-0.05, 0) is 55.4 Å². The van der Waals surface area contributed by atoms with Gasteiger partial charge in [0.15, 0.2) is 6.10 Å². The van der Waals surface area contributed by atoms with E-state index in [9.17, 15) is 9.59 Å². The summed E-state index contributed by atoms with van der Waals surface area (Å²) < 4.78 is 6.04. The van der Waals surface area contributed by atoms with Crippen LogP contribution in [-0.4, -0.2) is 29.4 Å². The molecule has 1 N–H and O–H groups in total. The molecule has 1 aliphatic carbocycles. The number of hydrogen-bond donors (Lipinski definition) is 1. The summed E-state index contributed by atoms with van der Waals surface area (Å²) in [5.41, 5.74) is 2.71. The van der Waals surface area contributed by atoms with Crippen LogP contribution in [0.5, 0.6) is 5.75 Å². The van der Waals surface area contributed by atoms with Gasteiger partial charge in [-0.1, -0.05) is 44.2 Å². The molecule has 30 heavy (non-hydrogen) atoms. The number of carbonyl (C=O) groups is 2. The maximum absolute atomic E-state index is 12.9. The second kappa shape index (κ2) is 8.90. The molecule has 2 unspecified atom stereocenters. The van der Waals surface area contributed by atoms with E-state index < -0.39 is 6.10 Å². The molecule has 1 fully saturated rings. The molecule has 0 radical (unpaired) electrons. The van der Waals surface area contributed by atoms with Gasteiger partial charge in [0, 0.05) is 24.3 Å². The molecule has 4 rings (SSSR count). The Hall–Kier alpha value is -2.82. The van der Waals surface area contributed by atoms with Crippen LogP contribution in [0, 0.1) is 5.92 Å². The topological polar surface area (TPSA) is 58.6 Å². The maximum atomic E-state index is 12.9. The van der Waals surface area contributed by atoms with E-state index in [2.05, 4.69) is 5.32 Å². The van der Waals surface area contributed by atoms with Crippen molar-refractivity contribution in [1.82, 2.24) is 4.90 Å². The maximum Gasteiger partial charge on any atom is 0.263 e. The molecule has 2 aromatic carbocycles. The summed E-state index contributed by atoms with van der Waals surface area (Å²) in [4.78, 5) is 27.8. The van der Waals surface area contributed by atoms with Crippen LogP contribution in [0.25, 0.3) is 0 Å². The lowest BCUT2D eigenvalue weighted by atomic mass is 9.95. The van der Waals surface area contributed by atoms with E-state index in [4.69, 9.17) is 4.74 Å². The third-order valence-electron chi connectivity index (χ3n) is 6.02. The molecule has 158 valence electrons. The zero-order valence-corrected chi connectivity index (χ0v) is 17.8. The molecule has 2 aliphatic rings. The first-order valence-electron chi connectivity index (χ1n) is 11.0. The lowest BCUT2D eigenvalue weighted by molar-refractivity contribution is -0.138. The number of hydrogen-bond acceptors (Lipinski definition) is 3. The molecule has 2 atom stereocenters. The van der Waals surface area contributed by atoms with Crippen molar-refractivity contribution in [1.29, 1.82) is 0 Å². The van der Waals surface area contributed by atoms with Crippen molar-refractivity contribution in [3.8, 4) is 5.75 Å². The first-order valence-corrected chi connectivity index (χ1v) is 11.0. The third kappa shape index (κ3) is 4.50. The zero-order chi connectivity index (χ0) is 21.1. The van der Waals surface area contributed by atoms with Gasteiger partial charge in [-0.3, -0.25) is 9.59 Å². The van der Waals surface area contributed by atoms with Gasteiger partial charge in [0.1, 0.15) is 5.75 Å². The van der Waals surface area contributed by atoms with Crippen LogP contribution in [0.15, 0.2) is 48.5 Å². The molecule has 1 heterocycles. The van der Waals surface area contributed by atoms with Gasteiger partial charge in [-0.15, -0.1) is 0 Å². The van der Waals surface area contributed by atoms with Gasteiger partial charge < -0.3 is 15.0 Å². The van der Waals surface area contributed by atoms with E-state index in [1.165, 1.54) is 12.8 Å². The number of nitrogens with zero attached hydrogens (tertiary/aromatic N) is 1. The van der Waals surface area contributed by atoms with Crippen molar-refractivity contribution >= 4 is 17.5 Å². The van der Waals surface area contributed by atoms with E-state index in [-0.39, 0.29) is 17.7 Å². The van der Waals surface area contributed by atoms with Crippen LogP contribution in [0.3, 0.4) is 0 Å². The van der Waals surface area contributed by atoms with Crippen molar-refractivity contribution in [2.24, 2.45) is 5.92 Å². The Labute approximate surface area is 178 Å². The van der Waals surface area contributed by atoms with Gasteiger partial charge in [0.25, 0.3) is 5.91 Å². The predicted octanol–water partition coefficient (Wildman–Crippen LogP) is 4.73. The van der Waals surface area contributed by atoms with Crippen LogP contribution in [0.4, 0.5) is 5.69 Å². The Morgan fingerprint density at radius 2 is 1.93 bits per heavy atom. The number of nitrogens with one attached hydrogen (secondary N) is 1. The second-order valence-corrected chi connectivity index (χ2v) is 8.36. The lowest BCUT2D eigenvalue weighted by Gasteiger charge is -2.23. The van der Waals surface area contributed by atoms with Crippen LogP contribution >= 0.6 is 0 Å². The predicted molar refractivity (Wildman–Crippen MR) is 117 cm³/mol. The fraction of sp³-hybridized carbons (Fsp3) is 0.440. The number of anilines is 1. The minimum Gasteiger partial charge on any atom is -0.480 e. The van der Waals surface area contributed by atoms with Crippen LogP contribution in [0.2, 0.25) is 0 Å².